The first-order valence-electron chi connectivity index (χ1n) is 9.06. The average molecular weight is 304 g/mol. The third kappa shape index (κ3) is 2.82. The first kappa shape index (κ1) is 14.7. The number of carbonyl (C=O) groups excluding carboxylic acids is 1. The van der Waals surface area contributed by atoms with Crippen molar-refractivity contribution < 1.29 is 9.53 Å². The van der Waals surface area contributed by atoms with Gasteiger partial charge in [-0.1, -0.05) is 0 Å². The predicted octanol–water partition coefficient (Wildman–Crippen LogP) is 3.26. The quantitative estimate of drug-likeness (QED) is 0.640. The van der Waals surface area contributed by atoms with Gasteiger partial charge in [-0.3, -0.25) is 4.79 Å². The van der Waals surface area contributed by atoms with Crippen LogP contribution in [0.1, 0.15) is 64.7 Å². The summed E-state index contributed by atoms with van der Waals surface area (Å²) < 4.78 is 5.40. The minimum Gasteiger partial charge on any atom is -0.368 e. The summed E-state index contributed by atoms with van der Waals surface area (Å²) in [7, 11) is 0. The summed E-state index contributed by atoms with van der Waals surface area (Å²) >= 11 is 0. The second kappa shape index (κ2) is 5.63. The number of nitrogens with zero attached hydrogens (tertiary/aromatic N) is 1. The van der Waals surface area contributed by atoms with Crippen molar-refractivity contribution in [2.24, 2.45) is 28.3 Å². The maximum Gasteiger partial charge on any atom is 0.269 e. The number of carbonyl (C=O) groups is 1. The molecule has 1 saturated heterocycles. The van der Waals surface area contributed by atoms with Gasteiger partial charge in [-0.05, 0) is 87.9 Å². The molecular weight excluding hydrogens is 276 g/mol. The van der Waals surface area contributed by atoms with Crippen molar-refractivity contribution in [2.75, 3.05) is 6.61 Å². The Kier molecular flexibility index (Phi) is 3.75. The molecule has 5 fully saturated rings. The third-order valence-corrected chi connectivity index (χ3v) is 6.37. The lowest BCUT2D eigenvalue weighted by Gasteiger charge is -2.57. The summed E-state index contributed by atoms with van der Waals surface area (Å²) in [6.45, 7) is 2.78. The van der Waals surface area contributed by atoms with Crippen molar-refractivity contribution in [3.8, 4) is 0 Å². The lowest BCUT2D eigenvalue weighted by Crippen LogP contribution is -2.46. The highest BCUT2D eigenvalue weighted by atomic mass is 16.5. The van der Waals surface area contributed by atoms with Gasteiger partial charge in [0.25, 0.3) is 5.91 Å². The molecule has 4 bridgehead atoms. The van der Waals surface area contributed by atoms with Gasteiger partial charge in [0.15, 0.2) is 0 Å². The number of hydrazone groups is 1. The van der Waals surface area contributed by atoms with Gasteiger partial charge in [0, 0.05) is 12.3 Å². The van der Waals surface area contributed by atoms with Gasteiger partial charge in [-0.2, -0.15) is 5.10 Å². The Labute approximate surface area is 133 Å². The molecule has 5 aliphatic rings. The lowest BCUT2D eigenvalue weighted by molar-refractivity contribution is -0.130. The van der Waals surface area contributed by atoms with E-state index in [4.69, 9.17) is 4.74 Å². The lowest BCUT2D eigenvalue weighted by atomic mass is 9.48. The molecule has 4 heteroatoms. The summed E-state index contributed by atoms with van der Waals surface area (Å²) in [6, 6.07) is 0. The molecule has 1 N–H and O–H groups in total. The monoisotopic (exact) mass is 304 g/mol. The Bertz CT molecular complexity index is 444. The van der Waals surface area contributed by atoms with E-state index in [-0.39, 0.29) is 12.0 Å². The van der Waals surface area contributed by atoms with Crippen LogP contribution < -0.4 is 5.43 Å². The van der Waals surface area contributed by atoms with Crippen molar-refractivity contribution in [1.29, 1.82) is 0 Å². The van der Waals surface area contributed by atoms with E-state index in [0.29, 0.717) is 12.0 Å². The van der Waals surface area contributed by atoms with E-state index in [0.717, 1.165) is 42.7 Å². The number of hydrogen-bond acceptors (Lipinski definition) is 3. The Morgan fingerprint density at radius 3 is 2.36 bits per heavy atom. The number of hydrogen-bond donors (Lipinski definition) is 1. The zero-order chi connectivity index (χ0) is 15.2. The Morgan fingerprint density at radius 2 is 1.82 bits per heavy atom. The standard InChI is InChI=1S/C18H28N2O2/c1-12(19-20-17(21)16-3-2-4-22-16)8-18-9-13-5-14(10-18)7-15(6-13)11-18/h13-16H,2-11H2,1H3,(H,20,21)/t13?,14?,15?,16-,18?/m1/s1. The van der Waals surface area contributed by atoms with Crippen molar-refractivity contribution in [3.05, 3.63) is 0 Å². The molecule has 1 amide bonds. The van der Waals surface area contributed by atoms with Crippen LogP contribution in [0, 0.1) is 23.2 Å². The molecule has 4 nitrogen and oxygen atoms in total. The van der Waals surface area contributed by atoms with E-state index >= 15 is 0 Å². The van der Waals surface area contributed by atoms with Crippen LogP contribution >= 0.6 is 0 Å². The molecule has 1 atom stereocenters. The summed E-state index contributed by atoms with van der Waals surface area (Å²) in [5.74, 6) is 2.85. The summed E-state index contributed by atoms with van der Waals surface area (Å²) in [5.41, 5.74) is 4.32. The molecule has 4 saturated carbocycles. The molecule has 1 heterocycles. The fourth-order valence-corrected chi connectivity index (χ4v) is 6.10. The fourth-order valence-electron chi connectivity index (χ4n) is 6.10. The SMILES string of the molecule is CC(CC12CC3CC(CC(C3)C1)C2)=NNC(=O)[C@H]1CCCO1. The van der Waals surface area contributed by atoms with Gasteiger partial charge >= 0.3 is 0 Å². The molecule has 22 heavy (non-hydrogen) atoms. The van der Waals surface area contributed by atoms with Crippen LogP contribution in [0.2, 0.25) is 0 Å². The molecule has 4 aliphatic carbocycles. The van der Waals surface area contributed by atoms with Crippen LogP contribution in [0.5, 0.6) is 0 Å². The maximum atomic E-state index is 12.0. The first-order chi connectivity index (χ1) is 10.6. The van der Waals surface area contributed by atoms with Crippen molar-refractivity contribution in [3.63, 3.8) is 0 Å². The minimum atomic E-state index is -0.281. The van der Waals surface area contributed by atoms with Gasteiger partial charge in [0.05, 0.1) is 0 Å². The molecule has 0 radical (unpaired) electrons. The topological polar surface area (TPSA) is 50.7 Å². The molecule has 0 aromatic rings. The Hall–Kier alpha value is -0.900. The van der Waals surface area contributed by atoms with Gasteiger partial charge < -0.3 is 4.74 Å². The van der Waals surface area contributed by atoms with Gasteiger partial charge in [0.2, 0.25) is 0 Å². The van der Waals surface area contributed by atoms with Crippen LogP contribution in [0.15, 0.2) is 5.10 Å². The van der Waals surface area contributed by atoms with E-state index in [9.17, 15) is 4.79 Å². The highest BCUT2D eigenvalue weighted by Gasteiger charge is 2.50. The Morgan fingerprint density at radius 1 is 1.18 bits per heavy atom. The molecule has 0 spiro atoms. The predicted molar refractivity (Wildman–Crippen MR) is 85.4 cm³/mol. The van der Waals surface area contributed by atoms with Crippen molar-refractivity contribution in [1.82, 2.24) is 5.43 Å². The zero-order valence-corrected chi connectivity index (χ0v) is 13.6. The third-order valence-electron chi connectivity index (χ3n) is 6.37. The summed E-state index contributed by atoms with van der Waals surface area (Å²) in [6.07, 6.45) is 11.2. The molecule has 0 unspecified atom stereocenters. The first-order valence-corrected chi connectivity index (χ1v) is 9.06. The Balaban J connectivity index is 1.36. The van der Waals surface area contributed by atoms with Crippen molar-refractivity contribution in [2.45, 2.75) is 70.8 Å². The molecule has 1 aliphatic heterocycles. The largest absolute Gasteiger partial charge is 0.368 e. The van der Waals surface area contributed by atoms with E-state index in [1.54, 1.807) is 0 Å². The van der Waals surface area contributed by atoms with Gasteiger partial charge in [-0.15, -0.1) is 0 Å². The van der Waals surface area contributed by atoms with Crippen LogP contribution in [-0.2, 0) is 9.53 Å². The number of nitrogens with one attached hydrogen (secondary N) is 1. The van der Waals surface area contributed by atoms with Gasteiger partial charge in [0.1, 0.15) is 6.10 Å². The number of amides is 1. The highest BCUT2D eigenvalue weighted by Crippen LogP contribution is 2.61. The smallest absolute Gasteiger partial charge is 0.269 e. The van der Waals surface area contributed by atoms with E-state index < -0.39 is 0 Å². The normalized spacial score (nSPS) is 43.6. The van der Waals surface area contributed by atoms with Crippen LogP contribution in [0.4, 0.5) is 0 Å². The molecule has 0 aromatic heterocycles. The second-order valence-electron chi connectivity index (χ2n) is 8.42. The van der Waals surface area contributed by atoms with Crippen LogP contribution in [0.25, 0.3) is 0 Å². The highest BCUT2D eigenvalue weighted by molar-refractivity contribution is 5.86. The average Bonchev–Trinajstić information content (AvgIpc) is 2.97. The molecular formula is C18H28N2O2. The fraction of sp³-hybridized carbons (Fsp3) is 0.889. The van der Waals surface area contributed by atoms with Crippen molar-refractivity contribution >= 4 is 11.6 Å². The maximum absolute atomic E-state index is 12.0. The van der Waals surface area contributed by atoms with E-state index in [2.05, 4.69) is 17.5 Å². The summed E-state index contributed by atoms with van der Waals surface area (Å²) in [4.78, 5) is 12.0. The zero-order valence-electron chi connectivity index (χ0n) is 13.6. The van der Waals surface area contributed by atoms with Gasteiger partial charge in [-0.25, -0.2) is 5.43 Å². The van der Waals surface area contributed by atoms with E-state index in [1.807, 2.05) is 0 Å². The van der Waals surface area contributed by atoms with Crippen LogP contribution in [0.3, 0.4) is 0 Å². The number of ether oxygens (including phenoxy) is 1. The van der Waals surface area contributed by atoms with E-state index in [1.165, 1.54) is 38.5 Å². The molecule has 122 valence electrons. The summed E-state index contributed by atoms with van der Waals surface area (Å²) in [5, 5.41) is 4.38. The second-order valence-corrected chi connectivity index (χ2v) is 8.42. The molecule has 0 aromatic carbocycles. The number of rotatable bonds is 4. The molecule has 5 rings (SSSR count). The van der Waals surface area contributed by atoms with Crippen LogP contribution in [-0.4, -0.2) is 24.3 Å². The minimum absolute atomic E-state index is 0.0673.